The minimum absolute atomic E-state index is 0.289. The van der Waals surface area contributed by atoms with Crippen molar-refractivity contribution in [1.29, 1.82) is 0 Å². The molecule has 1 aliphatic rings. The zero-order valence-corrected chi connectivity index (χ0v) is 6.76. The number of aliphatic hydroxyl groups is 1. The normalized spacial score (nSPS) is 34.6. The van der Waals surface area contributed by atoms with Crippen LogP contribution in [0.2, 0.25) is 0 Å². The van der Waals surface area contributed by atoms with Crippen LogP contribution in [0.4, 0.5) is 0 Å². The Morgan fingerprint density at radius 3 is 2.20 bits per heavy atom. The number of aliphatic hydroxyl groups excluding tert-OH is 1. The van der Waals surface area contributed by atoms with E-state index in [0.717, 1.165) is 0 Å². The second-order valence-electron chi connectivity index (χ2n) is 2.92. The molecule has 10 heavy (non-hydrogen) atoms. The van der Waals surface area contributed by atoms with Crippen LogP contribution >= 0.6 is 0 Å². The van der Waals surface area contributed by atoms with Crippen molar-refractivity contribution < 1.29 is 13.5 Å². The molecule has 1 N–H and O–H groups in total. The van der Waals surface area contributed by atoms with Crippen LogP contribution < -0.4 is 0 Å². The third-order valence-corrected chi connectivity index (χ3v) is 3.60. The van der Waals surface area contributed by atoms with Crippen LogP contribution in [-0.4, -0.2) is 31.1 Å². The molecule has 1 saturated carbocycles. The van der Waals surface area contributed by atoms with E-state index in [-0.39, 0.29) is 11.4 Å². The zero-order chi connectivity index (χ0) is 7.78. The Balaban J connectivity index is 2.62. The predicted octanol–water partition coefficient (Wildman–Crippen LogP) is -0.0556. The van der Waals surface area contributed by atoms with Gasteiger partial charge in [-0.25, -0.2) is 8.42 Å². The van der Waals surface area contributed by atoms with Crippen LogP contribution in [0, 0.1) is 0 Å². The van der Waals surface area contributed by atoms with Crippen molar-refractivity contribution in [2.24, 2.45) is 0 Å². The molecule has 0 aliphatic heterocycles. The van der Waals surface area contributed by atoms with Crippen molar-refractivity contribution >= 4 is 9.84 Å². The number of hydrogen-bond donors (Lipinski definition) is 1. The third-order valence-electron chi connectivity index (χ3n) is 1.96. The lowest BCUT2D eigenvalue weighted by atomic mass is 10.3. The Kier molecular flexibility index (Phi) is 2.01. The first-order chi connectivity index (χ1) is 4.50. The van der Waals surface area contributed by atoms with Crippen molar-refractivity contribution in [2.75, 3.05) is 6.26 Å². The Labute approximate surface area is 61.0 Å². The highest BCUT2D eigenvalue weighted by atomic mass is 32.2. The molecule has 2 atom stereocenters. The van der Waals surface area contributed by atoms with Crippen LogP contribution in [-0.2, 0) is 9.84 Å². The first-order valence-corrected chi connectivity index (χ1v) is 5.32. The van der Waals surface area contributed by atoms with Gasteiger partial charge < -0.3 is 5.11 Å². The average Bonchev–Trinajstić information content (AvgIpc) is 2.11. The van der Waals surface area contributed by atoms with E-state index in [0.29, 0.717) is 19.3 Å². The highest BCUT2D eigenvalue weighted by Gasteiger charge is 2.29. The Morgan fingerprint density at radius 2 is 2.00 bits per heavy atom. The molecule has 0 bridgehead atoms. The van der Waals surface area contributed by atoms with Crippen molar-refractivity contribution in [3.8, 4) is 0 Å². The zero-order valence-electron chi connectivity index (χ0n) is 5.95. The van der Waals surface area contributed by atoms with Gasteiger partial charge in [0.05, 0.1) is 11.4 Å². The van der Waals surface area contributed by atoms with Gasteiger partial charge in [-0.2, -0.15) is 0 Å². The molecule has 3 nitrogen and oxygen atoms in total. The van der Waals surface area contributed by atoms with Gasteiger partial charge in [-0.1, -0.05) is 0 Å². The van der Waals surface area contributed by atoms with E-state index < -0.39 is 9.84 Å². The molecule has 1 aliphatic carbocycles. The molecule has 0 aromatic rings. The molecule has 0 saturated heterocycles. The smallest absolute Gasteiger partial charge is 0.150 e. The monoisotopic (exact) mass is 164 g/mol. The van der Waals surface area contributed by atoms with Crippen molar-refractivity contribution in [3.63, 3.8) is 0 Å². The number of hydrogen-bond acceptors (Lipinski definition) is 3. The SMILES string of the molecule is CS(=O)(=O)[C@H]1CC[C@@H](O)C1. The van der Waals surface area contributed by atoms with E-state index in [2.05, 4.69) is 0 Å². The molecular formula is C6H12O3S. The molecule has 4 heteroatoms. The maximum absolute atomic E-state index is 10.9. The Bertz CT molecular complexity index is 207. The van der Waals surface area contributed by atoms with Gasteiger partial charge in [0.2, 0.25) is 0 Å². The Morgan fingerprint density at radius 1 is 1.40 bits per heavy atom. The molecule has 60 valence electrons. The van der Waals surface area contributed by atoms with Crippen LogP contribution in [0.1, 0.15) is 19.3 Å². The van der Waals surface area contributed by atoms with E-state index in [4.69, 9.17) is 5.11 Å². The van der Waals surface area contributed by atoms with Gasteiger partial charge in [0, 0.05) is 6.26 Å². The number of rotatable bonds is 1. The van der Waals surface area contributed by atoms with E-state index in [1.165, 1.54) is 6.26 Å². The summed E-state index contributed by atoms with van der Waals surface area (Å²) >= 11 is 0. The summed E-state index contributed by atoms with van der Waals surface area (Å²) in [6, 6.07) is 0. The number of sulfone groups is 1. The largest absolute Gasteiger partial charge is 0.393 e. The summed E-state index contributed by atoms with van der Waals surface area (Å²) in [7, 11) is -2.90. The fraction of sp³-hybridized carbons (Fsp3) is 1.00. The van der Waals surface area contributed by atoms with Gasteiger partial charge in [-0.3, -0.25) is 0 Å². The second kappa shape index (κ2) is 2.51. The molecule has 0 amide bonds. The van der Waals surface area contributed by atoms with Gasteiger partial charge >= 0.3 is 0 Å². The molecule has 0 aromatic heterocycles. The molecular weight excluding hydrogens is 152 g/mol. The Hall–Kier alpha value is -0.0900. The minimum Gasteiger partial charge on any atom is -0.393 e. The molecule has 0 heterocycles. The summed E-state index contributed by atoms with van der Waals surface area (Å²) in [6.07, 6.45) is 2.53. The average molecular weight is 164 g/mol. The lowest BCUT2D eigenvalue weighted by molar-refractivity contribution is 0.183. The fourth-order valence-corrected chi connectivity index (χ4v) is 2.44. The second-order valence-corrected chi connectivity index (χ2v) is 5.24. The topological polar surface area (TPSA) is 54.4 Å². The van der Waals surface area contributed by atoms with Crippen LogP contribution in [0.3, 0.4) is 0 Å². The maximum atomic E-state index is 10.9. The summed E-state index contributed by atoms with van der Waals surface area (Å²) in [5.41, 5.74) is 0. The molecule has 0 spiro atoms. The standard InChI is InChI=1S/C6H12O3S/c1-10(8,9)6-3-2-5(7)4-6/h5-7H,2-4H2,1H3/t5-,6+/m1/s1. The summed E-state index contributed by atoms with van der Waals surface area (Å²) < 4.78 is 21.7. The van der Waals surface area contributed by atoms with Crippen molar-refractivity contribution in [1.82, 2.24) is 0 Å². The highest BCUT2D eigenvalue weighted by Crippen LogP contribution is 2.24. The summed E-state index contributed by atoms with van der Waals surface area (Å²) in [5.74, 6) is 0. The lowest BCUT2D eigenvalue weighted by Gasteiger charge is -2.04. The van der Waals surface area contributed by atoms with Crippen LogP contribution in [0.5, 0.6) is 0 Å². The first kappa shape index (κ1) is 8.01. The quantitative estimate of drug-likeness (QED) is 0.591. The van der Waals surface area contributed by atoms with Gasteiger partial charge in [0.25, 0.3) is 0 Å². The molecule has 1 fully saturated rings. The molecule has 0 aromatic carbocycles. The predicted molar refractivity (Wildman–Crippen MR) is 38.5 cm³/mol. The van der Waals surface area contributed by atoms with Gasteiger partial charge in [-0.15, -0.1) is 0 Å². The van der Waals surface area contributed by atoms with Gasteiger partial charge in [-0.05, 0) is 19.3 Å². The van der Waals surface area contributed by atoms with Gasteiger partial charge in [0.15, 0.2) is 0 Å². The first-order valence-electron chi connectivity index (χ1n) is 3.37. The highest BCUT2D eigenvalue weighted by molar-refractivity contribution is 7.91. The third kappa shape index (κ3) is 1.70. The van der Waals surface area contributed by atoms with E-state index in [9.17, 15) is 8.42 Å². The molecule has 0 unspecified atom stereocenters. The molecule has 0 radical (unpaired) electrons. The lowest BCUT2D eigenvalue weighted by Crippen LogP contribution is -2.16. The van der Waals surface area contributed by atoms with Crippen molar-refractivity contribution in [3.05, 3.63) is 0 Å². The molecule has 1 rings (SSSR count). The van der Waals surface area contributed by atoms with Crippen molar-refractivity contribution in [2.45, 2.75) is 30.6 Å². The van der Waals surface area contributed by atoms with Gasteiger partial charge in [0.1, 0.15) is 9.84 Å². The minimum atomic E-state index is -2.90. The summed E-state index contributed by atoms with van der Waals surface area (Å²) in [6.45, 7) is 0. The van der Waals surface area contributed by atoms with Crippen LogP contribution in [0.25, 0.3) is 0 Å². The van der Waals surface area contributed by atoms with E-state index in [1.54, 1.807) is 0 Å². The van der Waals surface area contributed by atoms with E-state index >= 15 is 0 Å². The fourth-order valence-electron chi connectivity index (χ4n) is 1.31. The summed E-state index contributed by atoms with van der Waals surface area (Å²) in [4.78, 5) is 0. The summed E-state index contributed by atoms with van der Waals surface area (Å²) in [5, 5.41) is 8.71. The van der Waals surface area contributed by atoms with Crippen LogP contribution in [0.15, 0.2) is 0 Å². The maximum Gasteiger partial charge on any atom is 0.150 e. The van der Waals surface area contributed by atoms with E-state index in [1.807, 2.05) is 0 Å².